The first kappa shape index (κ1) is 12.0. The van der Waals surface area contributed by atoms with Crippen LogP contribution in [0.5, 0.6) is 0 Å². The Hall–Kier alpha value is -1.51. The Balaban J connectivity index is 2.10. The van der Waals surface area contributed by atoms with Crippen LogP contribution in [-0.4, -0.2) is 6.54 Å². The molecule has 0 spiro atoms. The van der Waals surface area contributed by atoms with Crippen molar-refractivity contribution in [2.45, 2.75) is 6.54 Å². The van der Waals surface area contributed by atoms with Crippen LogP contribution < -0.4 is 5.32 Å². The van der Waals surface area contributed by atoms with Gasteiger partial charge in [0.25, 0.3) is 0 Å². The molecule has 1 aromatic heterocycles. The lowest BCUT2D eigenvalue weighted by atomic mass is 10.2. The van der Waals surface area contributed by atoms with Gasteiger partial charge in [0.1, 0.15) is 11.5 Å². The molecule has 0 atom stereocenters. The van der Waals surface area contributed by atoms with Crippen molar-refractivity contribution in [3.8, 4) is 11.3 Å². The Kier molecular flexibility index (Phi) is 4.02. The predicted molar refractivity (Wildman–Crippen MR) is 71.1 cm³/mol. The van der Waals surface area contributed by atoms with Crippen molar-refractivity contribution in [3.63, 3.8) is 0 Å². The molecule has 0 radical (unpaired) electrons. The van der Waals surface area contributed by atoms with Crippen molar-refractivity contribution in [3.05, 3.63) is 59.8 Å². The predicted octanol–water partition coefficient (Wildman–Crippen LogP) is 3.88. The van der Waals surface area contributed by atoms with Crippen LogP contribution in [0.15, 0.2) is 53.5 Å². The van der Waals surface area contributed by atoms with Gasteiger partial charge in [-0.25, -0.2) is 0 Å². The summed E-state index contributed by atoms with van der Waals surface area (Å²) in [7, 11) is 0. The average molecular weight is 248 g/mol. The Labute approximate surface area is 106 Å². The monoisotopic (exact) mass is 247 g/mol. The minimum atomic E-state index is 0.701. The fraction of sp³-hybridized carbons (Fsp3) is 0.143. The largest absolute Gasteiger partial charge is 0.460 e. The zero-order valence-electron chi connectivity index (χ0n) is 9.45. The zero-order valence-corrected chi connectivity index (χ0v) is 10.2. The third-order valence-electron chi connectivity index (χ3n) is 2.36. The summed E-state index contributed by atoms with van der Waals surface area (Å²) in [5, 5.41) is 3.90. The highest BCUT2D eigenvalue weighted by atomic mass is 35.5. The summed E-state index contributed by atoms with van der Waals surface area (Å²) in [6, 6.07) is 11.5. The van der Waals surface area contributed by atoms with Gasteiger partial charge in [-0.15, -0.1) is 6.58 Å². The molecule has 17 heavy (non-hydrogen) atoms. The lowest BCUT2D eigenvalue weighted by Crippen LogP contribution is -2.11. The van der Waals surface area contributed by atoms with Crippen LogP contribution in [0.2, 0.25) is 5.02 Å². The number of nitrogens with one attached hydrogen (secondary N) is 1. The van der Waals surface area contributed by atoms with E-state index in [9.17, 15) is 0 Å². The van der Waals surface area contributed by atoms with E-state index in [4.69, 9.17) is 16.0 Å². The molecule has 1 aromatic carbocycles. The molecule has 1 heterocycles. The van der Waals surface area contributed by atoms with Gasteiger partial charge in [-0.05, 0) is 24.3 Å². The maximum absolute atomic E-state index is 5.94. The molecule has 2 rings (SSSR count). The van der Waals surface area contributed by atoms with E-state index < -0.39 is 0 Å². The molecule has 0 aliphatic heterocycles. The van der Waals surface area contributed by atoms with Gasteiger partial charge in [0.15, 0.2) is 0 Å². The molecule has 0 bridgehead atoms. The highest BCUT2D eigenvalue weighted by Crippen LogP contribution is 2.24. The van der Waals surface area contributed by atoms with Crippen LogP contribution in [0.1, 0.15) is 5.76 Å². The van der Waals surface area contributed by atoms with E-state index in [1.807, 2.05) is 42.5 Å². The van der Waals surface area contributed by atoms with E-state index in [-0.39, 0.29) is 0 Å². The van der Waals surface area contributed by atoms with Crippen LogP contribution >= 0.6 is 11.6 Å². The molecule has 3 heteroatoms. The number of benzene rings is 1. The Bertz CT molecular complexity index is 504. The van der Waals surface area contributed by atoms with Crippen molar-refractivity contribution in [1.82, 2.24) is 5.32 Å². The summed E-state index contributed by atoms with van der Waals surface area (Å²) < 4.78 is 5.72. The van der Waals surface area contributed by atoms with Crippen molar-refractivity contribution in [1.29, 1.82) is 0 Å². The SMILES string of the molecule is C=CCNCc1ccc(-c2cccc(Cl)c2)o1. The summed E-state index contributed by atoms with van der Waals surface area (Å²) in [4.78, 5) is 0. The molecule has 0 saturated carbocycles. The first-order chi connectivity index (χ1) is 8.29. The second kappa shape index (κ2) is 5.71. The van der Waals surface area contributed by atoms with Gasteiger partial charge in [-0.3, -0.25) is 0 Å². The van der Waals surface area contributed by atoms with E-state index in [1.165, 1.54) is 0 Å². The molecule has 88 valence electrons. The lowest BCUT2D eigenvalue weighted by molar-refractivity contribution is 0.502. The van der Waals surface area contributed by atoms with Crippen LogP contribution in [0, 0.1) is 0 Å². The third-order valence-corrected chi connectivity index (χ3v) is 2.59. The average Bonchev–Trinajstić information content (AvgIpc) is 2.78. The lowest BCUT2D eigenvalue weighted by Gasteiger charge is -1.99. The van der Waals surface area contributed by atoms with E-state index in [1.54, 1.807) is 0 Å². The van der Waals surface area contributed by atoms with E-state index in [0.29, 0.717) is 11.6 Å². The van der Waals surface area contributed by atoms with Crippen molar-refractivity contribution in [2.75, 3.05) is 6.54 Å². The van der Waals surface area contributed by atoms with Crippen LogP contribution in [0.4, 0.5) is 0 Å². The van der Waals surface area contributed by atoms with Gasteiger partial charge < -0.3 is 9.73 Å². The minimum Gasteiger partial charge on any atom is -0.460 e. The molecule has 0 aliphatic carbocycles. The smallest absolute Gasteiger partial charge is 0.134 e. The fourth-order valence-electron chi connectivity index (χ4n) is 1.57. The Morgan fingerprint density at radius 3 is 2.94 bits per heavy atom. The second-order valence-electron chi connectivity index (χ2n) is 3.70. The summed E-state index contributed by atoms with van der Waals surface area (Å²) in [6.45, 7) is 5.12. The third kappa shape index (κ3) is 3.22. The number of furan rings is 1. The van der Waals surface area contributed by atoms with E-state index >= 15 is 0 Å². The Morgan fingerprint density at radius 1 is 1.29 bits per heavy atom. The molecule has 1 N–H and O–H groups in total. The topological polar surface area (TPSA) is 25.2 Å². The first-order valence-corrected chi connectivity index (χ1v) is 5.83. The summed E-state index contributed by atoms with van der Waals surface area (Å²) >= 11 is 5.94. The summed E-state index contributed by atoms with van der Waals surface area (Å²) in [6.07, 6.45) is 1.82. The molecular weight excluding hydrogens is 234 g/mol. The molecule has 0 fully saturated rings. The van der Waals surface area contributed by atoms with Crippen LogP contribution in [-0.2, 0) is 6.54 Å². The van der Waals surface area contributed by atoms with E-state index in [0.717, 1.165) is 23.6 Å². The second-order valence-corrected chi connectivity index (χ2v) is 4.13. The maximum atomic E-state index is 5.94. The van der Waals surface area contributed by atoms with Crippen molar-refractivity contribution in [2.24, 2.45) is 0 Å². The van der Waals surface area contributed by atoms with Gasteiger partial charge in [0.2, 0.25) is 0 Å². The zero-order chi connectivity index (χ0) is 12.1. The van der Waals surface area contributed by atoms with Gasteiger partial charge in [0, 0.05) is 17.1 Å². The molecule has 0 amide bonds. The molecular formula is C14H14ClNO. The first-order valence-electron chi connectivity index (χ1n) is 5.46. The van der Waals surface area contributed by atoms with Crippen LogP contribution in [0.3, 0.4) is 0 Å². The number of hydrogen-bond acceptors (Lipinski definition) is 2. The number of halogens is 1. The van der Waals surface area contributed by atoms with Gasteiger partial charge in [0.05, 0.1) is 6.54 Å². The molecule has 2 aromatic rings. The highest BCUT2D eigenvalue weighted by Gasteiger charge is 2.04. The van der Waals surface area contributed by atoms with Gasteiger partial charge >= 0.3 is 0 Å². The molecule has 0 aliphatic rings. The molecule has 0 unspecified atom stereocenters. The normalized spacial score (nSPS) is 10.4. The fourth-order valence-corrected chi connectivity index (χ4v) is 1.76. The van der Waals surface area contributed by atoms with Crippen molar-refractivity contribution < 1.29 is 4.42 Å². The Morgan fingerprint density at radius 2 is 2.18 bits per heavy atom. The number of hydrogen-bond donors (Lipinski definition) is 1. The highest BCUT2D eigenvalue weighted by molar-refractivity contribution is 6.30. The van der Waals surface area contributed by atoms with Crippen molar-refractivity contribution >= 4 is 11.6 Å². The van der Waals surface area contributed by atoms with E-state index in [2.05, 4.69) is 11.9 Å². The minimum absolute atomic E-state index is 0.701. The quantitative estimate of drug-likeness (QED) is 0.641. The molecule has 0 saturated heterocycles. The van der Waals surface area contributed by atoms with Gasteiger partial charge in [-0.1, -0.05) is 29.8 Å². The number of rotatable bonds is 5. The van der Waals surface area contributed by atoms with Crippen LogP contribution in [0.25, 0.3) is 11.3 Å². The maximum Gasteiger partial charge on any atom is 0.134 e. The standard InChI is InChI=1S/C14H14ClNO/c1-2-8-16-10-13-6-7-14(17-13)11-4-3-5-12(15)9-11/h2-7,9,16H,1,8,10H2. The summed E-state index contributed by atoms with van der Waals surface area (Å²) in [5.74, 6) is 1.74. The van der Waals surface area contributed by atoms with Gasteiger partial charge in [-0.2, -0.15) is 0 Å². The summed E-state index contributed by atoms with van der Waals surface area (Å²) in [5.41, 5.74) is 0.993. The molecule has 2 nitrogen and oxygen atoms in total.